The molecule has 69 heavy (non-hydrogen) atoms. The van der Waals surface area contributed by atoms with Crippen molar-refractivity contribution in [2.24, 2.45) is 0 Å². The van der Waals surface area contributed by atoms with E-state index >= 15 is 0 Å². The normalized spacial score (nSPS) is 12.4. The van der Waals surface area contributed by atoms with Crippen molar-refractivity contribution in [1.29, 1.82) is 0 Å². The molecule has 13 rings (SSSR count). The maximum Gasteiger partial charge on any atom is 0.0714 e. The van der Waals surface area contributed by atoms with Gasteiger partial charge in [-0.3, -0.25) is 0 Å². The van der Waals surface area contributed by atoms with E-state index in [4.69, 9.17) is 0 Å². The molecule has 0 atom stereocenters. The molecule has 328 valence electrons. The van der Waals surface area contributed by atoms with Gasteiger partial charge in [-0.2, -0.15) is 0 Å². The van der Waals surface area contributed by atoms with Crippen LogP contribution >= 0.6 is 0 Å². The fourth-order valence-electron chi connectivity index (χ4n) is 11.0. The number of anilines is 3. The average Bonchev–Trinajstić information content (AvgIpc) is 3.72. The summed E-state index contributed by atoms with van der Waals surface area (Å²) >= 11 is 0. The Kier molecular flexibility index (Phi) is 10.7. The molecule has 0 radical (unpaired) electrons. The van der Waals surface area contributed by atoms with E-state index < -0.39 is 5.41 Å². The topological polar surface area (TPSA) is 3.24 Å². The first-order valence-corrected chi connectivity index (χ1v) is 24.3. The zero-order chi connectivity index (χ0) is 46.3. The minimum Gasteiger partial charge on any atom is -0.310 e. The first-order chi connectivity index (χ1) is 34.1. The third kappa shape index (κ3) is 7.18. The summed E-state index contributed by atoms with van der Waals surface area (Å²) in [5, 5.41) is 10.2. The van der Waals surface area contributed by atoms with Gasteiger partial charge in [0.15, 0.2) is 0 Å². The Morgan fingerprint density at radius 1 is 0.290 bits per heavy atom. The molecule has 0 saturated carbocycles. The largest absolute Gasteiger partial charge is 0.310 e. The van der Waals surface area contributed by atoms with Crippen molar-refractivity contribution in [3.8, 4) is 33.4 Å². The van der Waals surface area contributed by atoms with Crippen molar-refractivity contribution < 1.29 is 0 Å². The lowest BCUT2D eigenvalue weighted by Crippen LogP contribution is -2.28. The Labute approximate surface area is 405 Å². The maximum absolute atomic E-state index is 2.46. The third-order valence-corrected chi connectivity index (χ3v) is 14.1. The van der Waals surface area contributed by atoms with Crippen molar-refractivity contribution in [2.75, 3.05) is 4.90 Å². The first kappa shape index (κ1) is 41.9. The molecule has 0 aliphatic heterocycles. The summed E-state index contributed by atoms with van der Waals surface area (Å²) in [4.78, 5) is 2.43. The third-order valence-electron chi connectivity index (χ3n) is 14.1. The standard InChI is InChI=1S/C65H43N.C3H8/c1-3-15-52(16-4-1)65(53-17-5-2-6-18-53)63-22-12-11-21-61(63)62-40-37-56(43-64(62)65)66(54-33-27-44(28-34-54)48-31-38-59-50(41-48)25-23-46-13-7-9-19-57(46)59)55-35-29-45(30-36-55)49-32-39-60-51(42-49)26-24-47-14-8-10-20-58(47)60;1-3-2/h1-43H;3H2,1-2H3. The van der Waals surface area contributed by atoms with Crippen LogP contribution in [0.15, 0.2) is 261 Å². The molecule has 0 fully saturated rings. The first-order valence-electron chi connectivity index (χ1n) is 24.3. The fourth-order valence-corrected chi connectivity index (χ4v) is 11.0. The number of hydrogen-bond acceptors (Lipinski definition) is 1. The van der Waals surface area contributed by atoms with Gasteiger partial charge < -0.3 is 4.90 Å². The van der Waals surface area contributed by atoms with Crippen LogP contribution in [0.1, 0.15) is 42.5 Å². The fraction of sp³-hybridized carbons (Fsp3) is 0.0588. The molecule has 0 N–H and O–H groups in total. The van der Waals surface area contributed by atoms with Gasteiger partial charge in [-0.15, -0.1) is 0 Å². The van der Waals surface area contributed by atoms with Crippen LogP contribution in [0, 0.1) is 0 Å². The minimum atomic E-state index is -0.507. The second-order valence-electron chi connectivity index (χ2n) is 18.3. The molecule has 0 heterocycles. The maximum atomic E-state index is 2.46. The van der Waals surface area contributed by atoms with Gasteiger partial charge in [-0.25, -0.2) is 0 Å². The number of hydrogen-bond donors (Lipinski definition) is 0. The lowest BCUT2D eigenvalue weighted by Gasteiger charge is -2.35. The van der Waals surface area contributed by atoms with Gasteiger partial charge in [0.05, 0.1) is 5.41 Å². The van der Waals surface area contributed by atoms with Crippen molar-refractivity contribution in [3.05, 3.63) is 283 Å². The van der Waals surface area contributed by atoms with Crippen LogP contribution in [-0.2, 0) is 5.41 Å². The molecule has 1 nitrogen and oxygen atoms in total. The average molecular weight is 882 g/mol. The molecule has 12 aromatic carbocycles. The molecule has 0 spiro atoms. The smallest absolute Gasteiger partial charge is 0.0714 e. The zero-order valence-electron chi connectivity index (χ0n) is 39.0. The van der Waals surface area contributed by atoms with Crippen molar-refractivity contribution in [1.82, 2.24) is 0 Å². The molecule has 12 aromatic rings. The number of fused-ring (bicyclic) bond motifs is 9. The molecule has 0 bridgehead atoms. The Balaban J connectivity index is 0.00000160. The lowest BCUT2D eigenvalue weighted by molar-refractivity contribution is 0.768. The second kappa shape index (κ2) is 17.6. The van der Waals surface area contributed by atoms with Crippen LogP contribution in [0.3, 0.4) is 0 Å². The highest BCUT2D eigenvalue weighted by Gasteiger charge is 2.46. The summed E-state index contributed by atoms with van der Waals surface area (Å²) in [7, 11) is 0. The Morgan fingerprint density at radius 3 is 1.20 bits per heavy atom. The lowest BCUT2D eigenvalue weighted by atomic mass is 9.67. The molecule has 0 aromatic heterocycles. The van der Waals surface area contributed by atoms with E-state index in [1.807, 2.05) is 0 Å². The number of benzene rings is 12. The van der Waals surface area contributed by atoms with Gasteiger partial charge in [0, 0.05) is 17.1 Å². The molecule has 0 saturated heterocycles. The minimum absolute atomic E-state index is 0.507. The van der Waals surface area contributed by atoms with Gasteiger partial charge in [-0.1, -0.05) is 233 Å². The SMILES string of the molecule is CCC.c1ccc(C2(c3ccccc3)c3ccccc3-c3ccc(N(c4ccc(-c5ccc6c(ccc7ccccc76)c5)cc4)c4ccc(-c5ccc6c(ccc7ccccc76)c5)cc4)cc32)cc1. The number of rotatable bonds is 7. The highest BCUT2D eigenvalue weighted by Crippen LogP contribution is 2.57. The van der Waals surface area contributed by atoms with Gasteiger partial charge in [-0.05, 0) is 147 Å². The molecule has 1 heteroatoms. The van der Waals surface area contributed by atoms with E-state index in [9.17, 15) is 0 Å². The van der Waals surface area contributed by atoms with Gasteiger partial charge in [0.1, 0.15) is 0 Å². The van der Waals surface area contributed by atoms with Crippen molar-refractivity contribution in [3.63, 3.8) is 0 Å². The van der Waals surface area contributed by atoms with Crippen LogP contribution in [0.5, 0.6) is 0 Å². The van der Waals surface area contributed by atoms with Gasteiger partial charge >= 0.3 is 0 Å². The highest BCUT2D eigenvalue weighted by molar-refractivity contribution is 6.09. The van der Waals surface area contributed by atoms with Gasteiger partial charge in [0.2, 0.25) is 0 Å². The van der Waals surface area contributed by atoms with E-state index in [1.54, 1.807) is 0 Å². The summed E-state index contributed by atoms with van der Waals surface area (Å²) in [6.45, 7) is 4.25. The predicted octanol–water partition coefficient (Wildman–Crippen LogP) is 18.9. The summed E-state index contributed by atoms with van der Waals surface area (Å²) in [6.07, 6.45) is 1.25. The molecule has 1 aliphatic carbocycles. The van der Waals surface area contributed by atoms with Crippen LogP contribution in [0.25, 0.3) is 76.5 Å². The monoisotopic (exact) mass is 881 g/mol. The molecular weight excluding hydrogens is 831 g/mol. The van der Waals surface area contributed by atoms with E-state index in [0.717, 1.165) is 17.1 Å². The van der Waals surface area contributed by atoms with Crippen LogP contribution in [0.4, 0.5) is 17.1 Å². The zero-order valence-corrected chi connectivity index (χ0v) is 39.0. The second-order valence-corrected chi connectivity index (χ2v) is 18.3. The van der Waals surface area contributed by atoms with Crippen molar-refractivity contribution in [2.45, 2.75) is 25.7 Å². The van der Waals surface area contributed by atoms with E-state index in [-0.39, 0.29) is 0 Å². The van der Waals surface area contributed by atoms with E-state index in [1.165, 1.54) is 105 Å². The Bertz CT molecular complexity index is 3610. The summed E-state index contributed by atoms with van der Waals surface area (Å²) < 4.78 is 0. The molecule has 1 aliphatic rings. The summed E-state index contributed by atoms with van der Waals surface area (Å²) in [6, 6.07) is 96.5. The Morgan fingerprint density at radius 2 is 0.681 bits per heavy atom. The highest BCUT2D eigenvalue weighted by atomic mass is 15.1. The Hall–Kier alpha value is -8.52. The van der Waals surface area contributed by atoms with Crippen LogP contribution in [0.2, 0.25) is 0 Å². The summed E-state index contributed by atoms with van der Waals surface area (Å²) in [5.74, 6) is 0. The van der Waals surface area contributed by atoms with E-state index in [0.29, 0.717) is 0 Å². The molecule has 0 unspecified atom stereocenters. The quantitative estimate of drug-likeness (QED) is 0.144. The van der Waals surface area contributed by atoms with E-state index in [2.05, 4.69) is 280 Å². The molecular formula is C68H51N. The summed E-state index contributed by atoms with van der Waals surface area (Å²) in [5.41, 5.74) is 15.2. The van der Waals surface area contributed by atoms with Crippen LogP contribution in [-0.4, -0.2) is 0 Å². The number of nitrogens with zero attached hydrogens (tertiary/aromatic N) is 1. The van der Waals surface area contributed by atoms with Gasteiger partial charge in [0.25, 0.3) is 0 Å². The molecule has 0 amide bonds. The predicted molar refractivity (Wildman–Crippen MR) is 295 cm³/mol. The van der Waals surface area contributed by atoms with Crippen molar-refractivity contribution >= 4 is 60.2 Å². The van der Waals surface area contributed by atoms with Crippen LogP contribution < -0.4 is 4.90 Å².